The van der Waals surface area contributed by atoms with Crippen molar-refractivity contribution in [3.63, 3.8) is 0 Å². The topological polar surface area (TPSA) is 9.23 Å². The van der Waals surface area contributed by atoms with Crippen molar-refractivity contribution in [1.29, 1.82) is 0 Å². The second kappa shape index (κ2) is 3.25. The van der Waals surface area contributed by atoms with Crippen molar-refractivity contribution < 1.29 is 4.74 Å². The van der Waals surface area contributed by atoms with Gasteiger partial charge in [0.25, 0.3) is 0 Å². The number of rotatable bonds is 1. The fraction of sp³-hybridized carbons (Fsp3) is 0.333. The lowest BCUT2D eigenvalue weighted by Gasteiger charge is -2.17. The molecule has 0 N–H and O–H groups in total. The standard InChI is InChI=1S/C12H14O/c1-9-5-3-7-11-10(9)6-4-8-12(11)13-2/h4-6,8H,3,7H2,1-2H3. The van der Waals surface area contributed by atoms with E-state index in [0.717, 1.165) is 18.6 Å². The van der Waals surface area contributed by atoms with Gasteiger partial charge in [-0.3, -0.25) is 0 Å². The van der Waals surface area contributed by atoms with Crippen molar-refractivity contribution in [1.82, 2.24) is 0 Å². The van der Waals surface area contributed by atoms with E-state index in [-0.39, 0.29) is 0 Å². The minimum atomic E-state index is 1.03. The van der Waals surface area contributed by atoms with Crippen LogP contribution in [-0.2, 0) is 6.42 Å². The van der Waals surface area contributed by atoms with Crippen LogP contribution in [0.4, 0.5) is 0 Å². The second-order valence-electron chi connectivity index (χ2n) is 3.41. The Kier molecular flexibility index (Phi) is 2.09. The number of hydrogen-bond donors (Lipinski definition) is 0. The van der Waals surface area contributed by atoms with Gasteiger partial charge in [-0.25, -0.2) is 0 Å². The van der Waals surface area contributed by atoms with Crippen LogP contribution in [0.1, 0.15) is 24.5 Å². The van der Waals surface area contributed by atoms with Gasteiger partial charge in [0.15, 0.2) is 0 Å². The summed E-state index contributed by atoms with van der Waals surface area (Å²) in [7, 11) is 1.74. The Morgan fingerprint density at radius 2 is 2.15 bits per heavy atom. The number of hydrogen-bond acceptors (Lipinski definition) is 1. The van der Waals surface area contributed by atoms with Crippen molar-refractivity contribution >= 4 is 5.57 Å². The van der Waals surface area contributed by atoms with E-state index in [1.54, 1.807) is 7.11 Å². The molecule has 0 heterocycles. The molecule has 0 saturated heterocycles. The minimum absolute atomic E-state index is 1.03. The first-order chi connectivity index (χ1) is 6.33. The second-order valence-corrected chi connectivity index (χ2v) is 3.41. The molecule has 0 radical (unpaired) electrons. The van der Waals surface area contributed by atoms with Gasteiger partial charge in [-0.05, 0) is 37.0 Å². The summed E-state index contributed by atoms with van der Waals surface area (Å²) in [6.45, 7) is 2.16. The van der Waals surface area contributed by atoms with Gasteiger partial charge in [0, 0.05) is 5.56 Å². The van der Waals surface area contributed by atoms with Crippen LogP contribution in [0.15, 0.2) is 24.3 Å². The SMILES string of the molecule is COc1cccc2c1CCC=C2C. The van der Waals surface area contributed by atoms with E-state index in [1.807, 2.05) is 6.07 Å². The van der Waals surface area contributed by atoms with Crippen molar-refractivity contribution in [2.24, 2.45) is 0 Å². The maximum Gasteiger partial charge on any atom is 0.122 e. The third-order valence-corrected chi connectivity index (χ3v) is 2.62. The van der Waals surface area contributed by atoms with Gasteiger partial charge in [-0.2, -0.15) is 0 Å². The van der Waals surface area contributed by atoms with Crippen LogP contribution in [0.2, 0.25) is 0 Å². The summed E-state index contributed by atoms with van der Waals surface area (Å²) in [5.74, 6) is 1.03. The summed E-state index contributed by atoms with van der Waals surface area (Å²) >= 11 is 0. The number of fused-ring (bicyclic) bond motifs is 1. The van der Waals surface area contributed by atoms with Crippen molar-refractivity contribution in [3.8, 4) is 5.75 Å². The van der Waals surface area contributed by atoms with Crippen LogP contribution in [-0.4, -0.2) is 7.11 Å². The molecule has 0 spiro atoms. The summed E-state index contributed by atoms with van der Waals surface area (Å²) in [5.41, 5.74) is 4.09. The zero-order valence-corrected chi connectivity index (χ0v) is 8.13. The van der Waals surface area contributed by atoms with Gasteiger partial charge in [0.2, 0.25) is 0 Å². The molecule has 0 amide bonds. The maximum absolute atomic E-state index is 5.33. The highest BCUT2D eigenvalue weighted by molar-refractivity contribution is 5.70. The molecule has 0 aliphatic heterocycles. The fourth-order valence-corrected chi connectivity index (χ4v) is 1.93. The summed E-state index contributed by atoms with van der Waals surface area (Å²) in [6, 6.07) is 6.26. The molecular weight excluding hydrogens is 160 g/mol. The van der Waals surface area contributed by atoms with Crippen LogP contribution in [0, 0.1) is 0 Å². The van der Waals surface area contributed by atoms with Gasteiger partial charge >= 0.3 is 0 Å². The van der Waals surface area contributed by atoms with Gasteiger partial charge in [0.05, 0.1) is 7.11 Å². The third-order valence-electron chi connectivity index (χ3n) is 2.62. The van der Waals surface area contributed by atoms with Gasteiger partial charge in [-0.1, -0.05) is 18.2 Å². The molecule has 1 aromatic carbocycles. The molecular formula is C12H14O. The van der Waals surface area contributed by atoms with Crippen LogP contribution >= 0.6 is 0 Å². The molecule has 1 aromatic rings. The Labute approximate surface area is 79.0 Å². The summed E-state index contributed by atoms with van der Waals surface area (Å²) in [4.78, 5) is 0. The highest BCUT2D eigenvalue weighted by Gasteiger charge is 2.12. The lowest BCUT2D eigenvalue weighted by Crippen LogP contribution is -2.00. The third kappa shape index (κ3) is 1.35. The first-order valence-corrected chi connectivity index (χ1v) is 4.66. The Hall–Kier alpha value is -1.24. The van der Waals surface area contributed by atoms with Gasteiger partial charge < -0.3 is 4.74 Å². The van der Waals surface area contributed by atoms with Gasteiger partial charge in [0.1, 0.15) is 5.75 Å². The van der Waals surface area contributed by atoms with E-state index < -0.39 is 0 Å². The Bertz CT molecular complexity index is 350. The molecule has 0 saturated carbocycles. The molecule has 0 unspecified atom stereocenters. The molecule has 68 valence electrons. The molecule has 0 atom stereocenters. The van der Waals surface area contributed by atoms with E-state index in [1.165, 1.54) is 16.7 Å². The zero-order chi connectivity index (χ0) is 9.26. The molecule has 0 bridgehead atoms. The highest BCUT2D eigenvalue weighted by atomic mass is 16.5. The predicted molar refractivity (Wildman–Crippen MR) is 55.0 cm³/mol. The van der Waals surface area contributed by atoms with E-state index in [2.05, 4.69) is 25.1 Å². The summed E-state index contributed by atoms with van der Waals surface area (Å²) < 4.78 is 5.33. The van der Waals surface area contributed by atoms with Gasteiger partial charge in [-0.15, -0.1) is 0 Å². The van der Waals surface area contributed by atoms with E-state index in [9.17, 15) is 0 Å². The van der Waals surface area contributed by atoms with Crippen LogP contribution in [0.25, 0.3) is 5.57 Å². The van der Waals surface area contributed by atoms with Crippen LogP contribution in [0.5, 0.6) is 5.75 Å². The Morgan fingerprint density at radius 3 is 2.92 bits per heavy atom. The fourth-order valence-electron chi connectivity index (χ4n) is 1.93. The average Bonchev–Trinajstić information content (AvgIpc) is 2.18. The molecule has 2 rings (SSSR count). The average molecular weight is 174 g/mol. The normalized spacial score (nSPS) is 14.8. The molecule has 1 aliphatic carbocycles. The van der Waals surface area contributed by atoms with Crippen molar-refractivity contribution in [3.05, 3.63) is 35.4 Å². The first kappa shape index (κ1) is 8.36. The predicted octanol–water partition coefficient (Wildman–Crippen LogP) is 3.04. The first-order valence-electron chi connectivity index (χ1n) is 4.66. The number of ether oxygens (including phenoxy) is 1. The monoisotopic (exact) mass is 174 g/mol. The molecule has 13 heavy (non-hydrogen) atoms. The largest absolute Gasteiger partial charge is 0.496 e. The van der Waals surface area contributed by atoms with E-state index >= 15 is 0 Å². The van der Waals surface area contributed by atoms with Crippen molar-refractivity contribution in [2.45, 2.75) is 19.8 Å². The highest BCUT2D eigenvalue weighted by Crippen LogP contribution is 2.32. The number of benzene rings is 1. The Morgan fingerprint density at radius 1 is 1.31 bits per heavy atom. The molecule has 1 nitrogen and oxygen atoms in total. The minimum Gasteiger partial charge on any atom is -0.496 e. The lowest BCUT2D eigenvalue weighted by atomic mass is 9.91. The quantitative estimate of drug-likeness (QED) is 0.635. The van der Waals surface area contributed by atoms with Crippen LogP contribution < -0.4 is 4.74 Å². The summed E-state index contributed by atoms with van der Waals surface area (Å²) in [5, 5.41) is 0. The Balaban J connectivity index is 2.57. The molecule has 1 heteroatoms. The van der Waals surface area contributed by atoms with Crippen LogP contribution in [0.3, 0.4) is 0 Å². The maximum atomic E-state index is 5.33. The number of allylic oxidation sites excluding steroid dienone is 2. The van der Waals surface area contributed by atoms with E-state index in [0.29, 0.717) is 0 Å². The van der Waals surface area contributed by atoms with Crippen molar-refractivity contribution in [2.75, 3.05) is 7.11 Å². The molecule has 1 aliphatic rings. The number of methoxy groups -OCH3 is 1. The molecule has 0 aromatic heterocycles. The lowest BCUT2D eigenvalue weighted by molar-refractivity contribution is 0.409. The zero-order valence-electron chi connectivity index (χ0n) is 8.13. The summed E-state index contributed by atoms with van der Waals surface area (Å²) in [6.07, 6.45) is 4.54. The van der Waals surface area contributed by atoms with E-state index in [4.69, 9.17) is 4.74 Å². The smallest absolute Gasteiger partial charge is 0.122 e. The molecule has 0 fully saturated rings.